The number of rotatable bonds is 15. The minimum atomic E-state index is -4.63. The van der Waals surface area contributed by atoms with Gasteiger partial charge in [-0.05, 0) is 71.2 Å². The average Bonchev–Trinajstić information content (AvgIpc) is 3.23. The van der Waals surface area contributed by atoms with E-state index in [0.717, 1.165) is 25.5 Å². The molecule has 2 aromatic rings. The third-order valence-corrected chi connectivity index (χ3v) is 11.4. The number of carbonyl (C=O) groups is 1. The lowest BCUT2D eigenvalue weighted by Crippen LogP contribution is -2.48. The number of hydrogen-bond donors (Lipinski definition) is 3. The van der Waals surface area contributed by atoms with Crippen molar-refractivity contribution >= 4 is 36.0 Å². The lowest BCUT2D eigenvalue weighted by Gasteiger charge is -2.34. The summed E-state index contributed by atoms with van der Waals surface area (Å²) in [6.07, 6.45) is -5.18. The van der Waals surface area contributed by atoms with Crippen LogP contribution in [-0.4, -0.2) is 58.8 Å². The molecule has 3 N–H and O–H groups in total. The van der Waals surface area contributed by atoms with Crippen molar-refractivity contribution in [2.24, 2.45) is 5.92 Å². The Balaban J connectivity index is 1.96. The average molecular weight is 698 g/mol. The fraction of sp³-hybridized carbons (Fsp3) is 0.742. The van der Waals surface area contributed by atoms with Gasteiger partial charge in [-0.2, -0.15) is 13.2 Å². The van der Waals surface area contributed by atoms with E-state index >= 15 is 0 Å². The highest BCUT2D eigenvalue weighted by atomic mass is 32.2. The first kappa shape index (κ1) is 38.5. The van der Waals surface area contributed by atoms with Crippen molar-refractivity contribution < 1.29 is 45.0 Å². The van der Waals surface area contributed by atoms with Crippen LogP contribution in [0.1, 0.15) is 84.3 Å². The quantitative estimate of drug-likeness (QED) is 0.0823. The van der Waals surface area contributed by atoms with Gasteiger partial charge in [0.05, 0.1) is 28.4 Å². The standard InChI is InChI=1S/C31H49F5N4O4SSi/c1-20(37-26(41)14-21-16-30(32,33)17-21)22-10-11-25-23(15-22)38-27(40(25)19-43-12-13-46(7,8)9)24(39-45(42)28(2,3)4)18-44-29(5,6)31(34,35)36/h10-11,15,20-21,24,39H,12-14,16-19H2,1-9H3,(H,37,41)/p+1/t20-,24+,45-/m1/s1. The summed E-state index contributed by atoms with van der Waals surface area (Å²) < 4.78 is 96.4. The Labute approximate surface area is 272 Å². The smallest absolute Gasteiger partial charge is 0.364 e. The minimum absolute atomic E-state index is 0.0239. The molecule has 262 valence electrons. The van der Waals surface area contributed by atoms with E-state index in [0.29, 0.717) is 23.5 Å². The Morgan fingerprint density at radius 3 is 2.33 bits per heavy atom. The van der Waals surface area contributed by atoms with Gasteiger partial charge in [-0.15, -0.1) is 0 Å². The van der Waals surface area contributed by atoms with Crippen LogP contribution < -0.4 is 14.6 Å². The number of imidazole rings is 1. The second-order valence-electron chi connectivity index (χ2n) is 15.1. The number of fused-ring (bicyclic) bond motifs is 1. The van der Waals surface area contributed by atoms with Gasteiger partial charge in [-0.25, -0.2) is 27.3 Å². The number of carbonyl (C=O) groups excluding carboxylic acids is 1. The van der Waals surface area contributed by atoms with E-state index in [1.165, 1.54) is 0 Å². The van der Waals surface area contributed by atoms with E-state index in [1.807, 2.05) is 18.2 Å². The minimum Gasteiger partial charge on any atom is -0.364 e. The lowest BCUT2D eigenvalue weighted by atomic mass is 9.79. The van der Waals surface area contributed by atoms with Crippen molar-refractivity contribution in [1.82, 2.24) is 15.0 Å². The molecule has 1 saturated carbocycles. The summed E-state index contributed by atoms with van der Waals surface area (Å²) >= 11 is 0. The maximum Gasteiger partial charge on any atom is 0.416 e. The number of H-pyrrole nitrogens is 1. The topological polar surface area (TPSA) is 96.3 Å². The van der Waals surface area contributed by atoms with Crippen molar-refractivity contribution in [2.75, 3.05) is 13.2 Å². The summed E-state index contributed by atoms with van der Waals surface area (Å²) in [6.45, 7) is 15.8. The number of halogens is 5. The van der Waals surface area contributed by atoms with E-state index in [4.69, 9.17) is 9.47 Å². The van der Waals surface area contributed by atoms with Crippen molar-refractivity contribution in [1.29, 1.82) is 0 Å². The van der Waals surface area contributed by atoms with Gasteiger partial charge < -0.3 is 14.8 Å². The zero-order valence-electron chi connectivity index (χ0n) is 28.3. The number of ether oxygens (including phenoxy) is 2. The Kier molecular flexibility index (Phi) is 11.9. The van der Waals surface area contributed by atoms with E-state index in [2.05, 4.69) is 34.7 Å². The van der Waals surface area contributed by atoms with Crippen LogP contribution in [-0.2, 0) is 32.0 Å². The molecule has 8 nitrogen and oxygen atoms in total. The van der Waals surface area contributed by atoms with Crippen LogP contribution in [0.5, 0.6) is 0 Å². The molecule has 0 bridgehead atoms. The second-order valence-corrected chi connectivity index (χ2v) is 22.7. The number of benzene rings is 1. The first-order valence-electron chi connectivity index (χ1n) is 15.6. The number of hydrogen-bond acceptors (Lipinski definition) is 4. The van der Waals surface area contributed by atoms with E-state index in [9.17, 15) is 31.0 Å². The van der Waals surface area contributed by atoms with Crippen molar-refractivity contribution in [3.63, 3.8) is 0 Å². The molecule has 0 radical (unpaired) electrons. The summed E-state index contributed by atoms with van der Waals surface area (Å²) in [5, 5.41) is 2.88. The number of nitrogens with zero attached hydrogens (tertiary/aromatic N) is 1. The van der Waals surface area contributed by atoms with Crippen LogP contribution in [0.15, 0.2) is 18.2 Å². The van der Waals surface area contributed by atoms with Crippen LogP contribution in [0, 0.1) is 5.92 Å². The molecule has 3 atom stereocenters. The van der Waals surface area contributed by atoms with E-state index in [-0.39, 0.29) is 37.8 Å². The molecule has 0 aliphatic heterocycles. The molecule has 0 spiro atoms. The first-order valence-corrected chi connectivity index (χ1v) is 20.4. The Morgan fingerprint density at radius 1 is 1.15 bits per heavy atom. The Bertz CT molecular complexity index is 1380. The molecule has 0 saturated heterocycles. The first-order chi connectivity index (χ1) is 20.9. The molecule has 1 aliphatic carbocycles. The highest BCUT2D eigenvalue weighted by Crippen LogP contribution is 2.44. The van der Waals surface area contributed by atoms with Crippen molar-refractivity contribution in [2.45, 2.75) is 128 Å². The van der Waals surface area contributed by atoms with E-state index in [1.54, 1.807) is 32.3 Å². The molecule has 1 aromatic carbocycles. The van der Waals surface area contributed by atoms with Crippen LogP contribution in [0.2, 0.25) is 25.7 Å². The van der Waals surface area contributed by atoms with E-state index < -0.39 is 60.2 Å². The maximum absolute atomic E-state index is 13.7. The fourth-order valence-corrected chi connectivity index (χ4v) is 6.41. The Hall–Kier alpha value is -1.94. The predicted octanol–water partition coefficient (Wildman–Crippen LogP) is 6.83. The second kappa shape index (κ2) is 14.3. The molecule has 1 heterocycles. The summed E-state index contributed by atoms with van der Waals surface area (Å²) in [4.78, 5) is 15.9. The van der Waals surface area contributed by atoms with Gasteiger partial charge in [0, 0.05) is 33.9 Å². The van der Waals surface area contributed by atoms with Gasteiger partial charge in [0.25, 0.3) is 5.82 Å². The summed E-state index contributed by atoms with van der Waals surface area (Å²) in [5.74, 6) is -2.94. The third-order valence-electron chi connectivity index (χ3n) is 8.04. The van der Waals surface area contributed by atoms with Crippen LogP contribution in [0.25, 0.3) is 11.0 Å². The van der Waals surface area contributed by atoms with Gasteiger partial charge in [0.15, 0.2) is 23.4 Å². The highest BCUT2D eigenvalue weighted by molar-refractivity contribution is 7.84. The number of aromatic nitrogens is 2. The molecule has 1 aliphatic rings. The summed E-state index contributed by atoms with van der Waals surface area (Å²) in [5.41, 5.74) is -0.428. The Morgan fingerprint density at radius 2 is 1.78 bits per heavy atom. The lowest BCUT2D eigenvalue weighted by molar-refractivity contribution is -0.717. The zero-order chi connectivity index (χ0) is 34.9. The van der Waals surface area contributed by atoms with Crippen LogP contribution in [0.3, 0.4) is 0 Å². The molecular formula is C31H50F5N4O4SSi+. The molecule has 15 heteroatoms. The summed E-state index contributed by atoms with van der Waals surface area (Å²) in [6, 6.07) is 4.97. The molecule has 46 heavy (non-hydrogen) atoms. The molecular weight excluding hydrogens is 648 g/mol. The molecule has 1 aromatic heterocycles. The molecule has 1 fully saturated rings. The highest BCUT2D eigenvalue weighted by Gasteiger charge is 2.49. The number of nitrogens with one attached hydrogen (secondary N) is 3. The molecule has 0 unspecified atom stereocenters. The molecule has 1 amide bonds. The normalized spacial score (nSPS) is 18.3. The van der Waals surface area contributed by atoms with Crippen molar-refractivity contribution in [3.8, 4) is 0 Å². The van der Waals surface area contributed by atoms with Gasteiger partial charge in [0.2, 0.25) is 11.8 Å². The maximum atomic E-state index is 13.7. The fourth-order valence-electron chi connectivity index (χ4n) is 4.87. The van der Waals surface area contributed by atoms with Crippen LogP contribution in [0.4, 0.5) is 22.0 Å². The van der Waals surface area contributed by atoms with Gasteiger partial charge in [0.1, 0.15) is 6.04 Å². The van der Waals surface area contributed by atoms with Gasteiger partial charge >= 0.3 is 6.18 Å². The third kappa shape index (κ3) is 10.5. The predicted molar refractivity (Wildman–Crippen MR) is 171 cm³/mol. The number of alkyl halides is 5. The van der Waals surface area contributed by atoms with Crippen LogP contribution >= 0.6 is 0 Å². The number of amides is 1. The van der Waals surface area contributed by atoms with Gasteiger partial charge in [-0.1, -0.05) is 25.7 Å². The zero-order valence-corrected chi connectivity index (χ0v) is 30.1. The van der Waals surface area contributed by atoms with Gasteiger partial charge in [-0.3, -0.25) is 4.79 Å². The number of aromatic amines is 1. The largest absolute Gasteiger partial charge is 0.416 e. The molecule has 3 rings (SSSR count). The van der Waals surface area contributed by atoms with Crippen molar-refractivity contribution in [3.05, 3.63) is 29.6 Å². The SMILES string of the molecule is C[C@@H](NC(=O)CC1CC(F)(F)C1)c1ccc2c(c1)[nH]c([C@H](COC(C)(C)C(F)(F)F)N[S@](=O)C(C)(C)C)[n+]2COCC[Si](C)(C)C. The monoisotopic (exact) mass is 697 g/mol. The summed E-state index contributed by atoms with van der Waals surface area (Å²) in [7, 11) is -3.07.